The minimum atomic E-state index is -4.96. The third-order valence-electron chi connectivity index (χ3n) is 3.27. The van der Waals surface area contributed by atoms with Crippen LogP contribution in [0.1, 0.15) is 25.7 Å². The molecule has 1 heterocycles. The number of nitrogens with one attached hydrogen (secondary N) is 1. The van der Waals surface area contributed by atoms with Crippen LogP contribution in [-0.4, -0.2) is 36.9 Å². The van der Waals surface area contributed by atoms with Crippen LogP contribution in [0.15, 0.2) is 0 Å². The Balaban J connectivity index is 2.99. The van der Waals surface area contributed by atoms with Crippen LogP contribution in [0.4, 0.5) is 0 Å². The number of hydrogen-bond donors (Lipinski definition) is 6. The summed E-state index contributed by atoms with van der Waals surface area (Å²) in [6.07, 6.45) is 1.85. The Morgan fingerprint density at radius 1 is 1.22 bits per heavy atom. The number of piperidine rings is 1. The highest BCUT2D eigenvalue weighted by Gasteiger charge is 2.61. The Hall–Kier alpha value is 0.610. The molecule has 0 aromatic carbocycles. The fourth-order valence-electron chi connectivity index (χ4n) is 2.29. The zero-order chi connectivity index (χ0) is 14.0. The SMILES string of the molecule is O=P(O)(O)C1(P(=O)(O)O)CC(CCCS)CCN1. The Morgan fingerprint density at radius 2 is 1.78 bits per heavy atom. The number of rotatable bonds is 5. The zero-order valence-electron chi connectivity index (χ0n) is 9.77. The first-order chi connectivity index (χ1) is 8.14. The van der Waals surface area contributed by atoms with Gasteiger partial charge in [0.15, 0.2) is 0 Å². The fraction of sp³-hybridized carbons (Fsp3) is 1.00. The van der Waals surface area contributed by atoms with Crippen molar-refractivity contribution in [2.75, 3.05) is 12.3 Å². The van der Waals surface area contributed by atoms with Gasteiger partial charge in [0.2, 0.25) is 5.02 Å². The van der Waals surface area contributed by atoms with Crippen LogP contribution in [0.5, 0.6) is 0 Å². The largest absolute Gasteiger partial charge is 0.357 e. The van der Waals surface area contributed by atoms with Crippen molar-refractivity contribution in [2.45, 2.75) is 30.7 Å². The van der Waals surface area contributed by atoms with Crippen molar-refractivity contribution >= 4 is 27.8 Å². The molecule has 0 radical (unpaired) electrons. The van der Waals surface area contributed by atoms with Crippen molar-refractivity contribution in [3.05, 3.63) is 0 Å². The summed E-state index contributed by atoms with van der Waals surface area (Å²) in [6.45, 7) is 0.188. The molecule has 108 valence electrons. The monoisotopic (exact) mass is 319 g/mol. The highest BCUT2D eigenvalue weighted by atomic mass is 32.1. The van der Waals surface area contributed by atoms with Crippen molar-refractivity contribution in [1.82, 2.24) is 5.32 Å². The lowest BCUT2D eigenvalue weighted by atomic mass is 9.93. The van der Waals surface area contributed by atoms with E-state index in [9.17, 15) is 28.7 Å². The minimum Gasteiger partial charge on any atom is -0.323 e. The lowest BCUT2D eigenvalue weighted by Gasteiger charge is -2.41. The molecule has 0 aromatic heterocycles. The van der Waals surface area contributed by atoms with E-state index >= 15 is 0 Å². The van der Waals surface area contributed by atoms with E-state index in [4.69, 9.17) is 0 Å². The summed E-state index contributed by atoms with van der Waals surface area (Å²) in [5.41, 5.74) is 0. The highest BCUT2D eigenvalue weighted by molar-refractivity contribution is 7.80. The normalized spacial score (nSPS) is 25.1. The summed E-state index contributed by atoms with van der Waals surface area (Å²) in [6, 6.07) is 0. The third kappa shape index (κ3) is 3.38. The van der Waals surface area contributed by atoms with E-state index in [1.54, 1.807) is 0 Å². The maximum absolute atomic E-state index is 11.5. The van der Waals surface area contributed by atoms with Crippen LogP contribution in [0.3, 0.4) is 0 Å². The van der Waals surface area contributed by atoms with Crippen molar-refractivity contribution in [3.8, 4) is 0 Å². The van der Waals surface area contributed by atoms with Crippen LogP contribution in [0, 0.1) is 5.92 Å². The van der Waals surface area contributed by atoms with Gasteiger partial charge in [-0.25, -0.2) is 0 Å². The molecule has 0 amide bonds. The van der Waals surface area contributed by atoms with Gasteiger partial charge in [-0.3, -0.25) is 14.4 Å². The second kappa shape index (κ2) is 5.94. The number of thiol groups is 1. The smallest absolute Gasteiger partial charge is 0.323 e. The van der Waals surface area contributed by atoms with Crippen LogP contribution >= 0.6 is 27.8 Å². The molecule has 10 heteroatoms. The average molecular weight is 319 g/mol. The lowest BCUT2D eigenvalue weighted by Crippen LogP contribution is -2.50. The van der Waals surface area contributed by atoms with E-state index in [0.29, 0.717) is 18.6 Å². The van der Waals surface area contributed by atoms with E-state index in [1.807, 2.05) is 0 Å². The first kappa shape index (κ1) is 16.7. The summed E-state index contributed by atoms with van der Waals surface area (Å²) in [5, 5.41) is -0.0436. The predicted octanol–water partition coefficient (Wildman–Crippen LogP) is 0.705. The van der Waals surface area contributed by atoms with E-state index in [0.717, 1.165) is 6.42 Å². The maximum Gasteiger partial charge on any atom is 0.357 e. The average Bonchev–Trinajstić information content (AvgIpc) is 2.23. The van der Waals surface area contributed by atoms with E-state index in [2.05, 4.69) is 17.9 Å². The van der Waals surface area contributed by atoms with Gasteiger partial charge in [0, 0.05) is 0 Å². The topological polar surface area (TPSA) is 127 Å². The molecule has 1 aliphatic rings. The molecule has 0 aliphatic carbocycles. The molecule has 0 aromatic rings. The van der Waals surface area contributed by atoms with Crippen LogP contribution in [0.25, 0.3) is 0 Å². The molecule has 1 atom stereocenters. The van der Waals surface area contributed by atoms with Crippen LogP contribution < -0.4 is 5.32 Å². The Bertz CT molecular complexity index is 358. The molecule has 1 rings (SSSR count). The summed E-state index contributed by atoms with van der Waals surface area (Å²) in [4.78, 5) is 37.3. The summed E-state index contributed by atoms with van der Waals surface area (Å²) >= 11 is 4.05. The van der Waals surface area contributed by atoms with Crippen LogP contribution in [0.2, 0.25) is 0 Å². The van der Waals surface area contributed by atoms with E-state index in [1.165, 1.54) is 0 Å². The quantitative estimate of drug-likeness (QED) is 0.325. The van der Waals surface area contributed by atoms with E-state index < -0.39 is 20.2 Å². The molecule has 1 fully saturated rings. The Morgan fingerprint density at radius 3 is 2.22 bits per heavy atom. The molecule has 1 aliphatic heterocycles. The Labute approximate surface area is 111 Å². The van der Waals surface area contributed by atoms with Crippen molar-refractivity contribution in [1.29, 1.82) is 0 Å². The molecule has 0 saturated carbocycles. The molecule has 1 unspecified atom stereocenters. The van der Waals surface area contributed by atoms with Gasteiger partial charge in [0.1, 0.15) is 0 Å². The molecule has 5 N–H and O–H groups in total. The first-order valence-electron chi connectivity index (χ1n) is 5.61. The van der Waals surface area contributed by atoms with Gasteiger partial charge in [0.25, 0.3) is 0 Å². The minimum absolute atomic E-state index is 0.112. The highest BCUT2D eigenvalue weighted by Crippen LogP contribution is 2.70. The van der Waals surface area contributed by atoms with Gasteiger partial charge < -0.3 is 19.6 Å². The van der Waals surface area contributed by atoms with Gasteiger partial charge in [-0.1, -0.05) is 0 Å². The molecule has 0 bridgehead atoms. The molecule has 1 saturated heterocycles. The van der Waals surface area contributed by atoms with Crippen LogP contribution in [-0.2, 0) is 9.13 Å². The first-order valence-corrected chi connectivity index (χ1v) is 9.47. The second-order valence-electron chi connectivity index (χ2n) is 4.56. The molecular weight excluding hydrogens is 300 g/mol. The van der Waals surface area contributed by atoms with Gasteiger partial charge >= 0.3 is 15.2 Å². The molecular formula is C8H19NO6P2S. The summed E-state index contributed by atoms with van der Waals surface area (Å²) in [7, 11) is -9.91. The second-order valence-corrected chi connectivity index (χ2v) is 9.06. The Kier molecular flexibility index (Phi) is 5.49. The summed E-state index contributed by atoms with van der Waals surface area (Å²) < 4.78 is 23.0. The maximum atomic E-state index is 11.5. The molecule has 18 heavy (non-hydrogen) atoms. The number of hydrogen-bond acceptors (Lipinski definition) is 4. The molecule has 7 nitrogen and oxygen atoms in total. The molecule has 0 spiro atoms. The lowest BCUT2D eigenvalue weighted by molar-refractivity contribution is 0.223. The summed E-state index contributed by atoms with van der Waals surface area (Å²) in [5.74, 6) is 0.529. The van der Waals surface area contributed by atoms with Gasteiger partial charge in [-0.15, -0.1) is 0 Å². The van der Waals surface area contributed by atoms with Crippen molar-refractivity contribution in [3.63, 3.8) is 0 Å². The predicted molar refractivity (Wildman–Crippen MR) is 70.6 cm³/mol. The third-order valence-corrected chi connectivity index (χ3v) is 7.76. The fourth-order valence-corrected chi connectivity index (χ4v) is 5.46. The van der Waals surface area contributed by atoms with Gasteiger partial charge in [-0.2, -0.15) is 12.6 Å². The van der Waals surface area contributed by atoms with Gasteiger partial charge in [-0.05, 0) is 43.9 Å². The van der Waals surface area contributed by atoms with Gasteiger partial charge in [0.05, 0.1) is 0 Å². The zero-order valence-corrected chi connectivity index (χ0v) is 12.5. The van der Waals surface area contributed by atoms with Crippen molar-refractivity contribution < 1.29 is 28.7 Å². The standard InChI is InChI=1S/C8H19NO6P2S/c10-16(11,12)8(17(13,14)15)6-7(2-1-5-18)3-4-9-8/h7,9,18H,1-6H2,(H2,10,11,12)(H2,13,14,15). The van der Waals surface area contributed by atoms with E-state index in [-0.39, 0.29) is 18.9 Å². The van der Waals surface area contributed by atoms with Crippen molar-refractivity contribution in [2.24, 2.45) is 5.92 Å².